The molecule has 0 aromatic rings. The normalized spacial score (nSPS) is 29.7. The van der Waals surface area contributed by atoms with Gasteiger partial charge in [-0.1, -0.05) is 6.92 Å². The predicted molar refractivity (Wildman–Crippen MR) is 70.6 cm³/mol. The summed E-state index contributed by atoms with van der Waals surface area (Å²) in [5, 5.41) is 9.22. The Bertz CT molecular complexity index is 353. The number of amides is 1. The van der Waals surface area contributed by atoms with Crippen molar-refractivity contribution in [3.05, 3.63) is 0 Å². The second-order valence-electron chi connectivity index (χ2n) is 5.75. The van der Waals surface area contributed by atoms with Crippen LogP contribution in [0.3, 0.4) is 0 Å². The van der Waals surface area contributed by atoms with Crippen molar-refractivity contribution in [3.8, 4) is 0 Å². The molecule has 2 fully saturated rings. The molecule has 2 aliphatic heterocycles. The van der Waals surface area contributed by atoms with Crippen molar-refractivity contribution in [2.24, 2.45) is 11.7 Å². The molecule has 2 rings (SSSR count). The summed E-state index contributed by atoms with van der Waals surface area (Å²) in [5.41, 5.74) is 5.83. The molecule has 0 aliphatic carbocycles. The molecule has 0 bridgehead atoms. The van der Waals surface area contributed by atoms with E-state index in [2.05, 4.69) is 4.90 Å². The lowest BCUT2D eigenvalue weighted by molar-refractivity contribution is -0.149. The molecule has 1 amide bonds. The molecule has 2 saturated heterocycles. The fraction of sp³-hybridized carbons (Fsp3) is 0.846. The van der Waals surface area contributed by atoms with E-state index in [-0.39, 0.29) is 17.9 Å². The van der Waals surface area contributed by atoms with Gasteiger partial charge in [0.2, 0.25) is 5.91 Å². The Balaban J connectivity index is 1.90. The van der Waals surface area contributed by atoms with Crippen molar-refractivity contribution in [1.29, 1.82) is 0 Å². The molecule has 3 N–H and O–H groups in total. The molecule has 0 aromatic heterocycles. The summed E-state index contributed by atoms with van der Waals surface area (Å²) < 4.78 is 0. The van der Waals surface area contributed by atoms with Gasteiger partial charge in [-0.05, 0) is 25.2 Å². The van der Waals surface area contributed by atoms with Crippen LogP contribution in [0.15, 0.2) is 0 Å². The maximum atomic E-state index is 12.2. The molecular formula is C13H23N3O3. The molecule has 6 heteroatoms. The number of piperidine rings is 1. The maximum Gasteiger partial charge on any atom is 0.326 e. The molecule has 108 valence electrons. The standard InChI is InChI=1S/C13H23N3O3/c1-9-2-7-16(12(9)13(18)19)11(17)8-15-5-3-10(14)4-6-15/h9-10,12H,2-8,14H2,1H3,(H,18,19). The van der Waals surface area contributed by atoms with E-state index in [1.807, 2.05) is 6.92 Å². The highest BCUT2D eigenvalue weighted by molar-refractivity contribution is 5.85. The first-order valence-electron chi connectivity index (χ1n) is 6.99. The average Bonchev–Trinajstić information content (AvgIpc) is 2.74. The highest BCUT2D eigenvalue weighted by Crippen LogP contribution is 2.24. The average molecular weight is 269 g/mol. The monoisotopic (exact) mass is 269 g/mol. The summed E-state index contributed by atoms with van der Waals surface area (Å²) in [6, 6.07) is -0.413. The van der Waals surface area contributed by atoms with Gasteiger partial charge in [0.05, 0.1) is 6.54 Å². The number of likely N-dealkylation sites (tertiary alicyclic amines) is 2. The number of aliphatic carboxylic acids is 1. The van der Waals surface area contributed by atoms with Crippen LogP contribution < -0.4 is 5.73 Å². The van der Waals surface area contributed by atoms with Crippen molar-refractivity contribution in [1.82, 2.24) is 9.80 Å². The van der Waals surface area contributed by atoms with E-state index in [1.54, 1.807) is 0 Å². The van der Waals surface area contributed by atoms with Crippen LogP contribution in [-0.2, 0) is 9.59 Å². The second kappa shape index (κ2) is 5.88. The number of nitrogens with zero attached hydrogens (tertiary/aromatic N) is 2. The van der Waals surface area contributed by atoms with Gasteiger partial charge in [0.25, 0.3) is 0 Å². The predicted octanol–water partition coefficient (Wildman–Crippen LogP) is -0.269. The minimum Gasteiger partial charge on any atom is -0.480 e. The van der Waals surface area contributed by atoms with Gasteiger partial charge in [0.1, 0.15) is 6.04 Å². The van der Waals surface area contributed by atoms with Crippen molar-refractivity contribution in [2.75, 3.05) is 26.2 Å². The summed E-state index contributed by atoms with van der Waals surface area (Å²) in [7, 11) is 0. The molecule has 6 nitrogen and oxygen atoms in total. The van der Waals surface area contributed by atoms with E-state index in [0.29, 0.717) is 13.1 Å². The van der Waals surface area contributed by atoms with E-state index in [4.69, 9.17) is 5.73 Å². The fourth-order valence-corrected chi connectivity index (χ4v) is 3.00. The van der Waals surface area contributed by atoms with Crippen LogP contribution in [0.2, 0.25) is 0 Å². The van der Waals surface area contributed by atoms with Gasteiger partial charge < -0.3 is 15.7 Å². The zero-order chi connectivity index (χ0) is 14.0. The summed E-state index contributed by atoms with van der Waals surface area (Å²) in [6.07, 6.45) is 2.59. The number of carboxylic acid groups (broad SMARTS) is 1. The molecule has 2 heterocycles. The topological polar surface area (TPSA) is 86.9 Å². The zero-order valence-corrected chi connectivity index (χ0v) is 11.4. The highest BCUT2D eigenvalue weighted by atomic mass is 16.4. The van der Waals surface area contributed by atoms with Gasteiger partial charge in [-0.2, -0.15) is 0 Å². The number of rotatable bonds is 3. The van der Waals surface area contributed by atoms with Gasteiger partial charge in [0.15, 0.2) is 0 Å². The largest absolute Gasteiger partial charge is 0.480 e. The first-order valence-corrected chi connectivity index (χ1v) is 6.99. The summed E-state index contributed by atoms with van der Waals surface area (Å²) >= 11 is 0. The van der Waals surface area contributed by atoms with Crippen LogP contribution in [0.5, 0.6) is 0 Å². The molecule has 0 radical (unpaired) electrons. The number of nitrogens with two attached hydrogens (primary N) is 1. The first kappa shape index (κ1) is 14.3. The fourth-order valence-electron chi connectivity index (χ4n) is 3.00. The summed E-state index contributed by atoms with van der Waals surface area (Å²) in [5.74, 6) is -0.914. The molecule has 2 aliphatic rings. The third-order valence-corrected chi connectivity index (χ3v) is 4.26. The molecule has 0 spiro atoms. The number of carbonyl (C=O) groups excluding carboxylic acids is 1. The maximum absolute atomic E-state index is 12.2. The Labute approximate surface area is 113 Å². The van der Waals surface area contributed by atoms with Crippen LogP contribution in [-0.4, -0.2) is 65.0 Å². The lowest BCUT2D eigenvalue weighted by Crippen LogP contribution is -2.49. The van der Waals surface area contributed by atoms with Crippen molar-refractivity contribution in [3.63, 3.8) is 0 Å². The minimum absolute atomic E-state index is 0.0382. The molecule has 19 heavy (non-hydrogen) atoms. The molecule has 0 saturated carbocycles. The van der Waals surface area contributed by atoms with Crippen LogP contribution >= 0.6 is 0 Å². The van der Waals surface area contributed by atoms with Gasteiger partial charge in [-0.15, -0.1) is 0 Å². The summed E-state index contributed by atoms with van der Waals surface area (Å²) in [4.78, 5) is 27.1. The Kier molecular flexibility index (Phi) is 4.42. The minimum atomic E-state index is -0.890. The highest BCUT2D eigenvalue weighted by Gasteiger charge is 2.39. The number of hydrogen-bond donors (Lipinski definition) is 2. The molecule has 0 aromatic carbocycles. The van der Waals surface area contributed by atoms with Gasteiger partial charge in [-0.3, -0.25) is 9.69 Å². The van der Waals surface area contributed by atoms with Crippen molar-refractivity contribution < 1.29 is 14.7 Å². The smallest absolute Gasteiger partial charge is 0.326 e. The van der Waals surface area contributed by atoms with Gasteiger partial charge >= 0.3 is 5.97 Å². The third-order valence-electron chi connectivity index (χ3n) is 4.26. The van der Waals surface area contributed by atoms with E-state index in [1.165, 1.54) is 4.90 Å². The van der Waals surface area contributed by atoms with Gasteiger partial charge in [0, 0.05) is 25.7 Å². The zero-order valence-electron chi connectivity index (χ0n) is 11.4. The van der Waals surface area contributed by atoms with Crippen LogP contribution in [0.1, 0.15) is 26.2 Å². The van der Waals surface area contributed by atoms with Gasteiger partial charge in [-0.25, -0.2) is 4.79 Å². The molecule has 2 unspecified atom stereocenters. The Morgan fingerprint density at radius 2 is 1.84 bits per heavy atom. The quantitative estimate of drug-likeness (QED) is 0.736. The lowest BCUT2D eigenvalue weighted by atomic mass is 10.0. The van der Waals surface area contributed by atoms with E-state index < -0.39 is 12.0 Å². The number of carbonyl (C=O) groups is 2. The van der Waals surface area contributed by atoms with Crippen LogP contribution in [0.4, 0.5) is 0 Å². The molecular weight excluding hydrogens is 246 g/mol. The Morgan fingerprint density at radius 1 is 1.21 bits per heavy atom. The Morgan fingerprint density at radius 3 is 2.42 bits per heavy atom. The second-order valence-corrected chi connectivity index (χ2v) is 5.75. The van der Waals surface area contributed by atoms with E-state index >= 15 is 0 Å². The first-order chi connectivity index (χ1) is 8.99. The molecule has 2 atom stereocenters. The Hall–Kier alpha value is -1.14. The summed E-state index contributed by atoms with van der Waals surface area (Å²) in [6.45, 7) is 4.43. The van der Waals surface area contributed by atoms with Crippen molar-refractivity contribution >= 4 is 11.9 Å². The van der Waals surface area contributed by atoms with Crippen LogP contribution in [0.25, 0.3) is 0 Å². The van der Waals surface area contributed by atoms with E-state index in [0.717, 1.165) is 32.4 Å². The number of hydrogen-bond acceptors (Lipinski definition) is 4. The third kappa shape index (κ3) is 3.25. The SMILES string of the molecule is CC1CCN(C(=O)CN2CCC(N)CC2)C1C(=O)O. The number of carboxylic acids is 1. The van der Waals surface area contributed by atoms with Crippen LogP contribution in [0, 0.1) is 5.92 Å². The van der Waals surface area contributed by atoms with E-state index in [9.17, 15) is 14.7 Å². The van der Waals surface area contributed by atoms with Crippen molar-refractivity contribution in [2.45, 2.75) is 38.3 Å². The lowest BCUT2D eigenvalue weighted by Gasteiger charge is -2.32.